The molecule has 0 heterocycles. The molecular formula is C10H11F6N. The molecule has 1 aliphatic rings. The van der Waals surface area contributed by atoms with Crippen LogP contribution in [0.3, 0.4) is 0 Å². The third kappa shape index (κ3) is 2.22. The Labute approximate surface area is 94.6 Å². The Morgan fingerprint density at radius 2 is 1.24 bits per heavy atom. The van der Waals surface area contributed by atoms with Crippen LogP contribution >= 0.6 is 0 Å². The molecule has 17 heavy (non-hydrogen) atoms. The van der Waals surface area contributed by atoms with Gasteiger partial charge in [-0.05, 0) is 12.8 Å². The van der Waals surface area contributed by atoms with E-state index in [4.69, 9.17) is 6.57 Å². The Balaban J connectivity index is 3.06. The third-order valence-corrected chi connectivity index (χ3v) is 3.54. The van der Waals surface area contributed by atoms with E-state index in [9.17, 15) is 26.3 Å². The van der Waals surface area contributed by atoms with E-state index in [-0.39, 0.29) is 12.8 Å². The molecule has 1 fully saturated rings. The standard InChI is InChI=1S/C10H11F6N/c1-7(17-2)3-5-8(6-4-7,9(11,12)13)10(14,15)16/h3-6H2,1H3. The summed E-state index contributed by atoms with van der Waals surface area (Å²) in [5.41, 5.74) is -4.73. The van der Waals surface area contributed by atoms with Gasteiger partial charge < -0.3 is 4.85 Å². The lowest BCUT2D eigenvalue weighted by atomic mass is 9.67. The van der Waals surface area contributed by atoms with Crippen LogP contribution in [0.5, 0.6) is 0 Å². The van der Waals surface area contributed by atoms with Gasteiger partial charge in [0.25, 0.3) is 0 Å². The van der Waals surface area contributed by atoms with Gasteiger partial charge in [-0.15, -0.1) is 0 Å². The van der Waals surface area contributed by atoms with Gasteiger partial charge >= 0.3 is 12.4 Å². The van der Waals surface area contributed by atoms with E-state index in [1.165, 1.54) is 6.92 Å². The van der Waals surface area contributed by atoms with Crippen LogP contribution in [0.2, 0.25) is 0 Å². The fraction of sp³-hybridized carbons (Fsp3) is 0.900. The molecule has 0 atom stereocenters. The van der Waals surface area contributed by atoms with Crippen molar-refractivity contribution in [1.29, 1.82) is 0 Å². The van der Waals surface area contributed by atoms with Crippen molar-refractivity contribution in [2.24, 2.45) is 5.41 Å². The Hall–Kier alpha value is -0.930. The molecule has 1 rings (SSSR count). The second kappa shape index (κ2) is 3.79. The molecule has 1 nitrogen and oxygen atoms in total. The highest BCUT2D eigenvalue weighted by molar-refractivity contribution is 5.06. The van der Waals surface area contributed by atoms with Crippen LogP contribution in [0, 0.1) is 12.0 Å². The minimum absolute atomic E-state index is 0.379. The number of halogens is 6. The van der Waals surface area contributed by atoms with Crippen LogP contribution in [0.25, 0.3) is 4.85 Å². The van der Waals surface area contributed by atoms with E-state index < -0.39 is 36.1 Å². The molecule has 0 spiro atoms. The molecule has 1 saturated carbocycles. The Morgan fingerprint density at radius 3 is 1.47 bits per heavy atom. The number of hydrogen-bond acceptors (Lipinski definition) is 0. The van der Waals surface area contributed by atoms with Gasteiger partial charge in [0.1, 0.15) is 0 Å². The van der Waals surface area contributed by atoms with Gasteiger partial charge in [-0.2, -0.15) is 26.3 Å². The van der Waals surface area contributed by atoms with E-state index in [0.29, 0.717) is 0 Å². The van der Waals surface area contributed by atoms with Gasteiger partial charge in [0.2, 0.25) is 5.54 Å². The molecule has 0 aromatic rings. The first-order chi connectivity index (χ1) is 7.47. The number of alkyl halides is 6. The van der Waals surface area contributed by atoms with Crippen LogP contribution in [-0.4, -0.2) is 17.9 Å². The minimum atomic E-state index is -5.31. The van der Waals surface area contributed by atoms with E-state index in [1.54, 1.807) is 0 Å². The first-order valence-corrected chi connectivity index (χ1v) is 5.00. The fourth-order valence-corrected chi connectivity index (χ4v) is 2.05. The molecule has 7 heteroatoms. The van der Waals surface area contributed by atoms with E-state index in [1.807, 2.05) is 0 Å². The Bertz CT molecular complexity index is 310. The SMILES string of the molecule is [C-]#[N+]C1(C)CCC(C(F)(F)F)(C(F)(F)F)CC1. The van der Waals surface area contributed by atoms with E-state index in [0.717, 1.165) is 0 Å². The van der Waals surface area contributed by atoms with Gasteiger partial charge in [-0.3, -0.25) is 0 Å². The summed E-state index contributed by atoms with van der Waals surface area (Å²) < 4.78 is 75.9. The number of rotatable bonds is 0. The molecule has 0 saturated heterocycles. The average molecular weight is 259 g/mol. The first kappa shape index (κ1) is 14.1. The second-order valence-electron chi connectivity index (χ2n) is 4.69. The normalized spacial score (nSPS) is 24.1. The number of nitrogens with zero attached hydrogens (tertiary/aromatic N) is 1. The van der Waals surface area contributed by atoms with Crippen molar-refractivity contribution < 1.29 is 26.3 Å². The molecule has 0 amide bonds. The average Bonchev–Trinajstić information content (AvgIpc) is 2.15. The van der Waals surface area contributed by atoms with E-state index >= 15 is 0 Å². The molecule has 0 aromatic heterocycles. The maximum absolute atomic E-state index is 12.7. The summed E-state index contributed by atoms with van der Waals surface area (Å²) in [6, 6.07) is 0. The first-order valence-electron chi connectivity index (χ1n) is 5.00. The van der Waals surface area contributed by atoms with Crippen molar-refractivity contribution in [1.82, 2.24) is 0 Å². The number of hydrogen-bond donors (Lipinski definition) is 0. The molecular weight excluding hydrogens is 248 g/mol. The van der Waals surface area contributed by atoms with Crippen molar-refractivity contribution in [3.8, 4) is 0 Å². The molecule has 0 radical (unpaired) electrons. The molecule has 0 aromatic carbocycles. The Kier molecular flexibility index (Phi) is 3.15. The van der Waals surface area contributed by atoms with Crippen molar-refractivity contribution in [3.05, 3.63) is 11.4 Å². The van der Waals surface area contributed by atoms with Crippen molar-refractivity contribution >= 4 is 0 Å². The van der Waals surface area contributed by atoms with Crippen molar-refractivity contribution in [3.63, 3.8) is 0 Å². The van der Waals surface area contributed by atoms with Crippen LogP contribution in [-0.2, 0) is 0 Å². The van der Waals surface area contributed by atoms with Gasteiger partial charge in [0.05, 0.1) is 0 Å². The third-order valence-electron chi connectivity index (χ3n) is 3.54. The van der Waals surface area contributed by atoms with Gasteiger partial charge in [-0.1, -0.05) is 0 Å². The lowest BCUT2D eigenvalue weighted by Crippen LogP contribution is -2.53. The summed E-state index contributed by atoms with van der Waals surface area (Å²) in [4.78, 5) is 3.12. The Morgan fingerprint density at radius 1 is 0.882 bits per heavy atom. The second-order valence-corrected chi connectivity index (χ2v) is 4.69. The predicted molar refractivity (Wildman–Crippen MR) is 48.0 cm³/mol. The zero-order valence-corrected chi connectivity index (χ0v) is 9.04. The van der Waals surface area contributed by atoms with Crippen LogP contribution in [0.4, 0.5) is 26.3 Å². The lowest BCUT2D eigenvalue weighted by molar-refractivity contribution is -0.351. The van der Waals surface area contributed by atoms with Gasteiger partial charge in [-0.25, -0.2) is 6.57 Å². The molecule has 0 bridgehead atoms. The smallest absolute Gasteiger partial charge is 0.311 e. The molecule has 0 unspecified atom stereocenters. The summed E-state index contributed by atoms with van der Waals surface area (Å²) in [5.74, 6) is 0. The molecule has 0 N–H and O–H groups in total. The van der Waals surface area contributed by atoms with Crippen LogP contribution < -0.4 is 0 Å². The zero-order chi connectivity index (χ0) is 13.5. The topological polar surface area (TPSA) is 4.36 Å². The lowest BCUT2D eigenvalue weighted by Gasteiger charge is -2.42. The van der Waals surface area contributed by atoms with Crippen LogP contribution in [0.1, 0.15) is 32.6 Å². The minimum Gasteiger partial charge on any atom is -0.311 e. The van der Waals surface area contributed by atoms with Crippen molar-refractivity contribution in [2.45, 2.75) is 50.5 Å². The van der Waals surface area contributed by atoms with Gasteiger partial charge in [0, 0.05) is 19.8 Å². The maximum Gasteiger partial charge on any atom is 0.403 e. The highest BCUT2D eigenvalue weighted by atomic mass is 19.4. The zero-order valence-electron chi connectivity index (χ0n) is 9.04. The molecule has 0 aliphatic heterocycles. The monoisotopic (exact) mass is 259 g/mol. The maximum atomic E-state index is 12.7. The van der Waals surface area contributed by atoms with Crippen LogP contribution in [0.15, 0.2) is 0 Å². The quantitative estimate of drug-likeness (QED) is 0.450. The highest BCUT2D eigenvalue weighted by Gasteiger charge is 2.72. The largest absolute Gasteiger partial charge is 0.403 e. The summed E-state index contributed by atoms with van der Waals surface area (Å²) in [7, 11) is 0. The molecule has 98 valence electrons. The molecule has 1 aliphatic carbocycles. The highest BCUT2D eigenvalue weighted by Crippen LogP contribution is 2.59. The summed E-state index contributed by atoms with van der Waals surface area (Å²) in [6.07, 6.45) is -13.5. The predicted octanol–water partition coefficient (Wildman–Crippen LogP) is 4.35. The van der Waals surface area contributed by atoms with E-state index in [2.05, 4.69) is 4.85 Å². The summed E-state index contributed by atoms with van der Waals surface area (Å²) in [5, 5.41) is 0. The summed E-state index contributed by atoms with van der Waals surface area (Å²) >= 11 is 0. The summed E-state index contributed by atoms with van der Waals surface area (Å²) in [6.45, 7) is 8.20. The van der Waals surface area contributed by atoms with Gasteiger partial charge in [0.15, 0.2) is 5.41 Å². The fourth-order valence-electron chi connectivity index (χ4n) is 2.05. The van der Waals surface area contributed by atoms with Crippen molar-refractivity contribution in [2.75, 3.05) is 0 Å².